The van der Waals surface area contributed by atoms with E-state index in [2.05, 4.69) is 4.98 Å². The van der Waals surface area contributed by atoms with Crippen molar-refractivity contribution in [2.45, 2.75) is 12.8 Å². The fourth-order valence-corrected chi connectivity index (χ4v) is 1.64. The Kier molecular flexibility index (Phi) is 3.77. The summed E-state index contributed by atoms with van der Waals surface area (Å²) in [6, 6.07) is 7.87. The van der Waals surface area contributed by atoms with Crippen LogP contribution in [0.5, 0.6) is 5.75 Å². The summed E-state index contributed by atoms with van der Waals surface area (Å²) in [5.74, 6) is 2.39. The van der Waals surface area contributed by atoms with Gasteiger partial charge < -0.3 is 14.9 Å². The molecule has 90 valence electrons. The zero-order chi connectivity index (χ0) is 12.1. The SMILES string of the molecule is COc1cccc(Cc2ncc(CCN)o2)c1. The van der Waals surface area contributed by atoms with Crippen LogP contribution in [0.15, 0.2) is 34.9 Å². The number of rotatable bonds is 5. The highest BCUT2D eigenvalue weighted by Crippen LogP contribution is 2.16. The van der Waals surface area contributed by atoms with E-state index in [1.54, 1.807) is 13.3 Å². The average molecular weight is 232 g/mol. The Morgan fingerprint density at radius 1 is 1.41 bits per heavy atom. The molecule has 0 fully saturated rings. The van der Waals surface area contributed by atoms with Crippen molar-refractivity contribution in [3.63, 3.8) is 0 Å². The monoisotopic (exact) mass is 232 g/mol. The maximum Gasteiger partial charge on any atom is 0.198 e. The van der Waals surface area contributed by atoms with E-state index in [-0.39, 0.29) is 0 Å². The molecule has 1 heterocycles. The molecule has 0 atom stereocenters. The molecular weight excluding hydrogens is 216 g/mol. The number of benzene rings is 1. The molecule has 0 unspecified atom stereocenters. The molecule has 2 aromatic rings. The van der Waals surface area contributed by atoms with Gasteiger partial charge in [0.1, 0.15) is 11.5 Å². The summed E-state index contributed by atoms with van der Waals surface area (Å²) < 4.78 is 10.7. The van der Waals surface area contributed by atoms with Crippen molar-refractivity contribution in [3.8, 4) is 5.75 Å². The van der Waals surface area contributed by atoms with Crippen molar-refractivity contribution < 1.29 is 9.15 Å². The topological polar surface area (TPSA) is 61.3 Å². The number of nitrogens with two attached hydrogens (primary N) is 1. The minimum Gasteiger partial charge on any atom is -0.497 e. The molecule has 4 nitrogen and oxygen atoms in total. The van der Waals surface area contributed by atoms with Gasteiger partial charge in [-0.3, -0.25) is 0 Å². The minimum atomic E-state index is 0.577. The lowest BCUT2D eigenvalue weighted by atomic mass is 10.1. The second-order valence-electron chi connectivity index (χ2n) is 3.79. The Bertz CT molecular complexity index is 480. The Hall–Kier alpha value is -1.81. The van der Waals surface area contributed by atoms with E-state index in [9.17, 15) is 0 Å². The van der Waals surface area contributed by atoms with Crippen LogP contribution in [0.2, 0.25) is 0 Å². The summed E-state index contributed by atoms with van der Waals surface area (Å²) in [6.45, 7) is 0.577. The molecule has 0 spiro atoms. The van der Waals surface area contributed by atoms with E-state index in [1.165, 1.54) is 0 Å². The maximum atomic E-state index is 5.57. The van der Waals surface area contributed by atoms with Gasteiger partial charge in [-0.05, 0) is 24.2 Å². The van der Waals surface area contributed by atoms with Crippen LogP contribution in [0.1, 0.15) is 17.2 Å². The molecule has 17 heavy (non-hydrogen) atoms. The van der Waals surface area contributed by atoms with E-state index < -0.39 is 0 Å². The van der Waals surface area contributed by atoms with Gasteiger partial charge in [0.2, 0.25) is 0 Å². The van der Waals surface area contributed by atoms with Crippen molar-refractivity contribution in [1.29, 1.82) is 0 Å². The molecule has 0 radical (unpaired) electrons. The fraction of sp³-hybridized carbons (Fsp3) is 0.308. The smallest absolute Gasteiger partial charge is 0.198 e. The van der Waals surface area contributed by atoms with Gasteiger partial charge in [0.25, 0.3) is 0 Å². The van der Waals surface area contributed by atoms with Gasteiger partial charge in [-0.1, -0.05) is 12.1 Å². The molecule has 0 bridgehead atoms. The molecule has 0 aliphatic carbocycles. The van der Waals surface area contributed by atoms with Crippen LogP contribution >= 0.6 is 0 Å². The number of hydrogen-bond donors (Lipinski definition) is 1. The summed E-state index contributed by atoms with van der Waals surface area (Å²) >= 11 is 0. The third kappa shape index (κ3) is 3.07. The summed E-state index contributed by atoms with van der Waals surface area (Å²) in [4.78, 5) is 4.22. The van der Waals surface area contributed by atoms with E-state index in [4.69, 9.17) is 14.9 Å². The van der Waals surface area contributed by atoms with Crippen molar-refractivity contribution in [1.82, 2.24) is 4.98 Å². The van der Waals surface area contributed by atoms with Gasteiger partial charge >= 0.3 is 0 Å². The van der Waals surface area contributed by atoms with E-state index in [0.29, 0.717) is 18.9 Å². The van der Waals surface area contributed by atoms with Crippen LogP contribution in [-0.2, 0) is 12.8 Å². The predicted octanol–water partition coefficient (Wildman–Crippen LogP) is 1.78. The predicted molar refractivity (Wildman–Crippen MR) is 65.1 cm³/mol. The molecule has 1 aromatic carbocycles. The molecule has 0 amide bonds. The van der Waals surface area contributed by atoms with Gasteiger partial charge in [-0.2, -0.15) is 0 Å². The quantitative estimate of drug-likeness (QED) is 0.853. The van der Waals surface area contributed by atoms with Crippen LogP contribution in [0.3, 0.4) is 0 Å². The first kappa shape index (κ1) is 11.7. The Balaban J connectivity index is 2.08. The molecular formula is C13H16N2O2. The molecule has 2 rings (SSSR count). The molecule has 2 N–H and O–H groups in total. The Morgan fingerprint density at radius 2 is 2.29 bits per heavy atom. The second-order valence-corrected chi connectivity index (χ2v) is 3.79. The third-order valence-electron chi connectivity index (χ3n) is 2.48. The molecule has 0 aliphatic heterocycles. The van der Waals surface area contributed by atoms with Crippen LogP contribution in [0, 0.1) is 0 Å². The van der Waals surface area contributed by atoms with Crippen molar-refractivity contribution in [2.24, 2.45) is 5.73 Å². The second kappa shape index (κ2) is 5.50. The highest BCUT2D eigenvalue weighted by atomic mass is 16.5. The average Bonchev–Trinajstić information content (AvgIpc) is 2.77. The molecule has 0 saturated heterocycles. The van der Waals surface area contributed by atoms with Crippen molar-refractivity contribution in [2.75, 3.05) is 13.7 Å². The lowest BCUT2D eigenvalue weighted by Gasteiger charge is -2.02. The number of nitrogens with zero attached hydrogens (tertiary/aromatic N) is 1. The van der Waals surface area contributed by atoms with Gasteiger partial charge in [-0.15, -0.1) is 0 Å². The standard InChI is InChI=1S/C13H16N2O2/c1-16-11-4-2-3-10(7-11)8-13-15-9-12(17-13)5-6-14/h2-4,7,9H,5-6,8,14H2,1H3. The van der Waals surface area contributed by atoms with Crippen molar-refractivity contribution >= 4 is 0 Å². The normalized spacial score (nSPS) is 10.5. The zero-order valence-electron chi connectivity index (χ0n) is 9.85. The number of aromatic nitrogens is 1. The van der Waals surface area contributed by atoms with Crippen LogP contribution in [0.25, 0.3) is 0 Å². The first-order valence-electron chi connectivity index (χ1n) is 5.58. The molecule has 1 aromatic heterocycles. The molecule has 0 saturated carbocycles. The Morgan fingerprint density at radius 3 is 3.06 bits per heavy atom. The van der Waals surface area contributed by atoms with Crippen LogP contribution in [-0.4, -0.2) is 18.6 Å². The molecule has 0 aliphatic rings. The number of hydrogen-bond acceptors (Lipinski definition) is 4. The Labute approximate surface area is 100 Å². The van der Waals surface area contributed by atoms with Gasteiger partial charge in [-0.25, -0.2) is 4.98 Å². The summed E-state index contributed by atoms with van der Waals surface area (Å²) in [5.41, 5.74) is 6.57. The number of oxazole rings is 1. The van der Waals surface area contributed by atoms with E-state index in [1.807, 2.05) is 24.3 Å². The summed E-state index contributed by atoms with van der Waals surface area (Å²) in [5, 5.41) is 0. The fourth-order valence-electron chi connectivity index (χ4n) is 1.64. The lowest BCUT2D eigenvalue weighted by molar-refractivity contribution is 0.414. The lowest BCUT2D eigenvalue weighted by Crippen LogP contribution is -2.01. The van der Waals surface area contributed by atoms with Gasteiger partial charge in [0.15, 0.2) is 5.89 Å². The van der Waals surface area contributed by atoms with Gasteiger partial charge in [0, 0.05) is 12.8 Å². The highest BCUT2D eigenvalue weighted by molar-refractivity contribution is 5.29. The maximum absolute atomic E-state index is 5.57. The van der Waals surface area contributed by atoms with E-state index in [0.717, 1.165) is 23.5 Å². The first-order chi connectivity index (χ1) is 8.31. The summed E-state index contributed by atoms with van der Waals surface area (Å²) in [6.07, 6.45) is 3.13. The van der Waals surface area contributed by atoms with Crippen LogP contribution < -0.4 is 10.5 Å². The first-order valence-corrected chi connectivity index (χ1v) is 5.58. The number of ether oxygens (including phenoxy) is 1. The van der Waals surface area contributed by atoms with Gasteiger partial charge in [0.05, 0.1) is 13.3 Å². The zero-order valence-corrected chi connectivity index (χ0v) is 9.85. The highest BCUT2D eigenvalue weighted by Gasteiger charge is 2.05. The van der Waals surface area contributed by atoms with E-state index >= 15 is 0 Å². The third-order valence-corrected chi connectivity index (χ3v) is 2.48. The minimum absolute atomic E-state index is 0.577. The van der Waals surface area contributed by atoms with Crippen LogP contribution in [0.4, 0.5) is 0 Å². The molecule has 4 heteroatoms. The number of methoxy groups -OCH3 is 1. The largest absolute Gasteiger partial charge is 0.497 e. The summed E-state index contributed by atoms with van der Waals surface area (Å²) in [7, 11) is 1.66. The van der Waals surface area contributed by atoms with Crippen molar-refractivity contribution in [3.05, 3.63) is 47.7 Å².